The number of hydrogen-bond donors (Lipinski definition) is 1. The Morgan fingerprint density at radius 3 is 2.82 bits per heavy atom. The molecule has 0 saturated heterocycles. The summed E-state index contributed by atoms with van der Waals surface area (Å²) in [5.41, 5.74) is 3.48. The summed E-state index contributed by atoms with van der Waals surface area (Å²) in [5, 5.41) is 0. The molecule has 0 radical (unpaired) electrons. The second-order valence-corrected chi connectivity index (χ2v) is 2.53. The van der Waals surface area contributed by atoms with Crippen LogP contribution in [-0.4, -0.2) is 4.98 Å². The molecule has 1 aromatic heterocycles. The van der Waals surface area contributed by atoms with Gasteiger partial charge in [-0.1, -0.05) is 18.7 Å². The molecule has 0 aliphatic rings. The molecule has 1 aromatic rings. The topological polar surface area (TPSA) is 15.8 Å². The van der Waals surface area contributed by atoms with Gasteiger partial charge in [-0.15, -0.1) is 0 Å². The van der Waals surface area contributed by atoms with E-state index in [4.69, 9.17) is 0 Å². The van der Waals surface area contributed by atoms with E-state index in [0.29, 0.717) is 0 Å². The molecule has 0 aromatic carbocycles. The predicted molar refractivity (Wildman–Crippen MR) is 50.3 cm³/mol. The number of rotatable bonds is 2. The van der Waals surface area contributed by atoms with E-state index < -0.39 is 0 Å². The monoisotopic (exact) mass is 147 g/mol. The number of hydrogen-bond acceptors (Lipinski definition) is 0. The van der Waals surface area contributed by atoms with Crippen molar-refractivity contribution in [2.45, 2.75) is 13.8 Å². The summed E-state index contributed by atoms with van der Waals surface area (Å²) in [6, 6.07) is 2.11. The highest BCUT2D eigenvalue weighted by molar-refractivity contribution is 5.62. The van der Waals surface area contributed by atoms with Crippen molar-refractivity contribution in [3.05, 3.63) is 35.7 Å². The number of aromatic amines is 1. The molecule has 0 amide bonds. The summed E-state index contributed by atoms with van der Waals surface area (Å²) >= 11 is 0. The molecular formula is C10H13N. The van der Waals surface area contributed by atoms with Crippen LogP contribution in [0.4, 0.5) is 0 Å². The van der Waals surface area contributed by atoms with Crippen LogP contribution in [0, 0.1) is 6.92 Å². The first kappa shape index (κ1) is 7.86. The fourth-order valence-electron chi connectivity index (χ4n) is 1.12. The molecule has 0 atom stereocenters. The lowest BCUT2D eigenvalue weighted by atomic mass is 10.2. The fraction of sp³-hybridized carbons (Fsp3) is 0.200. The quantitative estimate of drug-likeness (QED) is 0.661. The highest BCUT2D eigenvalue weighted by Crippen LogP contribution is 2.12. The highest BCUT2D eigenvalue weighted by Gasteiger charge is 1.97. The van der Waals surface area contributed by atoms with Crippen LogP contribution in [0.15, 0.2) is 18.7 Å². The average Bonchev–Trinajstić information content (AvgIpc) is 2.32. The van der Waals surface area contributed by atoms with Crippen molar-refractivity contribution in [3.63, 3.8) is 0 Å². The molecule has 0 aliphatic heterocycles. The Kier molecular flexibility index (Phi) is 2.32. The normalized spacial score (nSPS) is 10.7. The van der Waals surface area contributed by atoms with E-state index in [1.807, 2.05) is 26.0 Å². The van der Waals surface area contributed by atoms with Gasteiger partial charge in [0.25, 0.3) is 0 Å². The molecule has 0 unspecified atom stereocenters. The zero-order chi connectivity index (χ0) is 8.27. The minimum atomic E-state index is 1.10. The maximum Gasteiger partial charge on any atom is 0.0449 e. The van der Waals surface area contributed by atoms with Gasteiger partial charge in [0.05, 0.1) is 0 Å². The van der Waals surface area contributed by atoms with Crippen molar-refractivity contribution >= 4 is 12.2 Å². The number of H-pyrrole nitrogens is 1. The van der Waals surface area contributed by atoms with Gasteiger partial charge < -0.3 is 4.98 Å². The summed E-state index contributed by atoms with van der Waals surface area (Å²) in [6.07, 6.45) is 5.93. The third kappa shape index (κ3) is 1.61. The van der Waals surface area contributed by atoms with E-state index in [0.717, 1.165) is 5.69 Å². The standard InChI is InChI=1S/C10H13N/c1-4-6-9-7-8(3)11-10(9)5-2/h4-7,11H,2H2,1,3H3/b6-4-. The third-order valence-electron chi connectivity index (χ3n) is 1.57. The Hall–Kier alpha value is -1.24. The van der Waals surface area contributed by atoms with Gasteiger partial charge in [-0.3, -0.25) is 0 Å². The summed E-state index contributed by atoms with van der Waals surface area (Å²) in [5.74, 6) is 0. The molecule has 1 heterocycles. The van der Waals surface area contributed by atoms with Crippen LogP contribution in [0.5, 0.6) is 0 Å². The molecule has 1 nitrogen and oxygen atoms in total. The molecule has 58 valence electrons. The largest absolute Gasteiger partial charge is 0.359 e. The van der Waals surface area contributed by atoms with Crippen molar-refractivity contribution in [2.75, 3.05) is 0 Å². The van der Waals surface area contributed by atoms with Crippen molar-refractivity contribution in [1.82, 2.24) is 4.98 Å². The van der Waals surface area contributed by atoms with Crippen molar-refractivity contribution < 1.29 is 0 Å². The van der Waals surface area contributed by atoms with Crippen LogP contribution in [0.25, 0.3) is 12.2 Å². The van der Waals surface area contributed by atoms with Crippen LogP contribution in [0.2, 0.25) is 0 Å². The van der Waals surface area contributed by atoms with E-state index in [9.17, 15) is 0 Å². The molecule has 0 saturated carbocycles. The molecule has 11 heavy (non-hydrogen) atoms. The molecular weight excluding hydrogens is 134 g/mol. The predicted octanol–water partition coefficient (Wildman–Crippen LogP) is 3.00. The van der Waals surface area contributed by atoms with Gasteiger partial charge in [-0.2, -0.15) is 0 Å². The second-order valence-electron chi connectivity index (χ2n) is 2.53. The zero-order valence-electron chi connectivity index (χ0n) is 7.02. The van der Waals surface area contributed by atoms with Crippen LogP contribution in [0.1, 0.15) is 23.9 Å². The van der Waals surface area contributed by atoms with Crippen LogP contribution >= 0.6 is 0 Å². The molecule has 1 heteroatoms. The van der Waals surface area contributed by atoms with Gasteiger partial charge in [-0.05, 0) is 31.6 Å². The molecule has 0 aliphatic carbocycles. The first-order valence-electron chi connectivity index (χ1n) is 3.72. The van der Waals surface area contributed by atoms with E-state index in [1.165, 1.54) is 11.3 Å². The van der Waals surface area contributed by atoms with E-state index in [2.05, 4.69) is 23.7 Å². The van der Waals surface area contributed by atoms with Gasteiger partial charge >= 0.3 is 0 Å². The number of aromatic nitrogens is 1. The lowest BCUT2D eigenvalue weighted by Crippen LogP contribution is -1.73. The Labute approximate surface area is 67.5 Å². The Balaban J connectivity index is 3.11. The summed E-state index contributed by atoms with van der Waals surface area (Å²) in [4.78, 5) is 3.21. The van der Waals surface area contributed by atoms with Crippen molar-refractivity contribution in [3.8, 4) is 0 Å². The first-order valence-corrected chi connectivity index (χ1v) is 3.72. The molecule has 1 N–H and O–H groups in total. The van der Waals surface area contributed by atoms with Gasteiger partial charge in [-0.25, -0.2) is 0 Å². The lowest BCUT2D eigenvalue weighted by Gasteiger charge is -1.88. The minimum Gasteiger partial charge on any atom is -0.359 e. The maximum absolute atomic E-state index is 3.72. The van der Waals surface area contributed by atoms with Crippen LogP contribution < -0.4 is 0 Å². The Morgan fingerprint density at radius 2 is 2.27 bits per heavy atom. The minimum absolute atomic E-state index is 1.10. The molecule has 0 bridgehead atoms. The molecule has 0 fully saturated rings. The van der Waals surface area contributed by atoms with E-state index in [-0.39, 0.29) is 0 Å². The number of aryl methyl sites for hydroxylation is 1. The van der Waals surface area contributed by atoms with Crippen molar-refractivity contribution in [1.29, 1.82) is 0 Å². The first-order chi connectivity index (χ1) is 5.27. The Bertz CT molecular complexity index is 279. The lowest BCUT2D eigenvalue weighted by molar-refractivity contribution is 1.25. The van der Waals surface area contributed by atoms with Gasteiger partial charge in [0, 0.05) is 11.4 Å². The number of allylic oxidation sites excluding steroid dienone is 1. The highest BCUT2D eigenvalue weighted by atomic mass is 14.7. The SMILES string of the molecule is C=Cc1[nH]c(C)cc1/C=C\C. The number of nitrogens with one attached hydrogen (secondary N) is 1. The Morgan fingerprint density at radius 1 is 1.55 bits per heavy atom. The van der Waals surface area contributed by atoms with E-state index >= 15 is 0 Å². The van der Waals surface area contributed by atoms with Gasteiger partial charge in [0.1, 0.15) is 0 Å². The van der Waals surface area contributed by atoms with Gasteiger partial charge in [0.15, 0.2) is 0 Å². The smallest absolute Gasteiger partial charge is 0.0449 e. The van der Waals surface area contributed by atoms with Crippen LogP contribution in [0.3, 0.4) is 0 Å². The summed E-state index contributed by atoms with van der Waals surface area (Å²) < 4.78 is 0. The summed E-state index contributed by atoms with van der Waals surface area (Å²) in [6.45, 7) is 7.77. The molecule has 1 rings (SSSR count). The summed E-state index contributed by atoms with van der Waals surface area (Å²) in [7, 11) is 0. The fourth-order valence-corrected chi connectivity index (χ4v) is 1.12. The average molecular weight is 147 g/mol. The molecule has 0 spiro atoms. The van der Waals surface area contributed by atoms with E-state index in [1.54, 1.807) is 0 Å². The second kappa shape index (κ2) is 3.24. The third-order valence-corrected chi connectivity index (χ3v) is 1.57. The van der Waals surface area contributed by atoms with Crippen molar-refractivity contribution in [2.24, 2.45) is 0 Å². The zero-order valence-corrected chi connectivity index (χ0v) is 7.02. The van der Waals surface area contributed by atoms with Gasteiger partial charge in [0.2, 0.25) is 0 Å². The maximum atomic E-state index is 3.72. The van der Waals surface area contributed by atoms with Crippen LogP contribution in [-0.2, 0) is 0 Å².